The number of hydrogen-bond acceptors (Lipinski definition) is 6. The maximum absolute atomic E-state index is 12.2. The molecule has 5 N–H and O–H groups in total. The second kappa shape index (κ2) is 9.67. The quantitative estimate of drug-likeness (QED) is 0.301. The standard InChI is InChI=1S/C15H19N3O5S/c1-4-5-17-8-10(19)18-14-11(15(21)23-7-6-22-3)9(2)12(24-14)13(16)20/h1,17H,5-8H2,2-3H3,(H2,16,20)(H,18,19)/p+1. The van der Waals surface area contributed by atoms with Crippen LogP contribution >= 0.6 is 11.3 Å². The van der Waals surface area contributed by atoms with Crippen molar-refractivity contribution in [2.45, 2.75) is 6.92 Å². The minimum absolute atomic E-state index is 0.0554. The van der Waals surface area contributed by atoms with Gasteiger partial charge in [-0.15, -0.1) is 17.8 Å². The van der Waals surface area contributed by atoms with Crippen molar-refractivity contribution in [1.29, 1.82) is 0 Å². The van der Waals surface area contributed by atoms with Crippen LogP contribution in [-0.4, -0.2) is 51.2 Å². The number of thiophene rings is 1. The van der Waals surface area contributed by atoms with Crippen molar-refractivity contribution in [3.63, 3.8) is 0 Å². The number of anilines is 1. The first-order valence-corrected chi connectivity index (χ1v) is 7.88. The fraction of sp³-hybridized carbons (Fsp3) is 0.400. The fourth-order valence-electron chi connectivity index (χ4n) is 1.84. The molecule has 8 nitrogen and oxygen atoms in total. The Labute approximate surface area is 143 Å². The van der Waals surface area contributed by atoms with Gasteiger partial charge in [-0.2, -0.15) is 0 Å². The molecular weight excluding hydrogens is 334 g/mol. The lowest BCUT2D eigenvalue weighted by Crippen LogP contribution is -2.86. The van der Waals surface area contributed by atoms with E-state index in [1.807, 2.05) is 0 Å². The van der Waals surface area contributed by atoms with Crippen LogP contribution in [0.2, 0.25) is 0 Å². The molecule has 0 aliphatic carbocycles. The highest BCUT2D eigenvalue weighted by atomic mass is 32.1. The molecule has 1 aromatic heterocycles. The van der Waals surface area contributed by atoms with Crippen LogP contribution in [0.5, 0.6) is 0 Å². The number of primary amides is 1. The Morgan fingerprint density at radius 3 is 2.67 bits per heavy atom. The van der Waals surface area contributed by atoms with Gasteiger partial charge in [0.15, 0.2) is 6.54 Å². The van der Waals surface area contributed by atoms with E-state index in [1.165, 1.54) is 7.11 Å². The largest absolute Gasteiger partial charge is 0.460 e. The average Bonchev–Trinajstić information content (AvgIpc) is 2.84. The lowest BCUT2D eigenvalue weighted by molar-refractivity contribution is -0.632. The predicted molar refractivity (Wildman–Crippen MR) is 88.9 cm³/mol. The summed E-state index contributed by atoms with van der Waals surface area (Å²) in [7, 11) is 1.48. The van der Waals surface area contributed by atoms with E-state index in [1.54, 1.807) is 12.2 Å². The van der Waals surface area contributed by atoms with Crippen molar-refractivity contribution in [2.24, 2.45) is 5.73 Å². The smallest absolute Gasteiger partial charge is 0.341 e. The minimum Gasteiger partial charge on any atom is -0.460 e. The van der Waals surface area contributed by atoms with Gasteiger partial charge in [0.05, 0.1) is 17.0 Å². The van der Waals surface area contributed by atoms with E-state index in [-0.39, 0.29) is 41.1 Å². The van der Waals surface area contributed by atoms with Crippen LogP contribution in [0.15, 0.2) is 0 Å². The van der Waals surface area contributed by atoms with E-state index in [2.05, 4.69) is 11.2 Å². The Kier molecular flexibility index (Phi) is 7.91. The summed E-state index contributed by atoms with van der Waals surface area (Å²) < 4.78 is 9.88. The van der Waals surface area contributed by atoms with E-state index in [0.717, 1.165) is 11.3 Å². The molecule has 1 rings (SSSR count). The molecule has 2 amide bonds. The molecule has 0 saturated carbocycles. The molecule has 130 valence electrons. The van der Waals surface area contributed by atoms with Gasteiger partial charge in [0.25, 0.3) is 11.8 Å². The van der Waals surface area contributed by atoms with E-state index in [4.69, 9.17) is 21.6 Å². The SMILES string of the molecule is C#CC[NH2+]CC(=O)Nc1sc(C(N)=O)c(C)c1C(=O)OCCOC. The Bertz CT molecular complexity index is 663. The number of nitrogens with two attached hydrogens (primary N) is 2. The average molecular weight is 354 g/mol. The number of carbonyl (C=O) groups is 3. The van der Waals surface area contributed by atoms with Gasteiger partial charge >= 0.3 is 5.97 Å². The molecule has 0 fully saturated rings. The van der Waals surface area contributed by atoms with Crippen molar-refractivity contribution >= 4 is 34.1 Å². The molecule has 0 aliphatic rings. The van der Waals surface area contributed by atoms with Crippen LogP contribution in [0.3, 0.4) is 0 Å². The highest BCUT2D eigenvalue weighted by Crippen LogP contribution is 2.33. The van der Waals surface area contributed by atoms with Crippen molar-refractivity contribution in [3.05, 3.63) is 16.0 Å². The molecule has 0 atom stereocenters. The number of nitrogens with one attached hydrogen (secondary N) is 1. The zero-order valence-corrected chi connectivity index (χ0v) is 14.3. The topological polar surface area (TPSA) is 124 Å². The number of rotatable bonds is 9. The number of terminal acetylenes is 1. The molecular formula is C15H20N3O5S+. The van der Waals surface area contributed by atoms with Crippen LogP contribution in [0.1, 0.15) is 25.6 Å². The number of carbonyl (C=O) groups excluding carboxylic acids is 3. The summed E-state index contributed by atoms with van der Waals surface area (Å²) in [4.78, 5) is 35.8. The molecule has 0 unspecified atom stereocenters. The second-order valence-electron chi connectivity index (χ2n) is 4.70. The Morgan fingerprint density at radius 2 is 2.08 bits per heavy atom. The molecule has 0 saturated heterocycles. The summed E-state index contributed by atoms with van der Waals surface area (Å²) in [5.74, 6) is 0.706. The van der Waals surface area contributed by atoms with Crippen molar-refractivity contribution in [3.8, 4) is 12.3 Å². The van der Waals surface area contributed by atoms with Crippen molar-refractivity contribution < 1.29 is 29.2 Å². The molecule has 0 aliphatic heterocycles. The maximum Gasteiger partial charge on any atom is 0.341 e. The lowest BCUT2D eigenvalue weighted by Gasteiger charge is -2.07. The third-order valence-electron chi connectivity index (χ3n) is 2.94. The highest BCUT2D eigenvalue weighted by Gasteiger charge is 2.26. The van der Waals surface area contributed by atoms with Gasteiger partial charge < -0.3 is 25.8 Å². The van der Waals surface area contributed by atoms with E-state index in [0.29, 0.717) is 12.1 Å². The first-order chi connectivity index (χ1) is 11.4. The van der Waals surface area contributed by atoms with Gasteiger partial charge in [0.2, 0.25) is 0 Å². The van der Waals surface area contributed by atoms with Gasteiger partial charge in [-0.25, -0.2) is 4.79 Å². The normalized spacial score (nSPS) is 10.0. The number of methoxy groups -OCH3 is 1. The molecule has 9 heteroatoms. The zero-order valence-electron chi connectivity index (χ0n) is 13.5. The summed E-state index contributed by atoms with van der Waals surface area (Å²) in [6.45, 7) is 2.31. The summed E-state index contributed by atoms with van der Waals surface area (Å²) in [5, 5.41) is 4.45. The number of esters is 1. The molecule has 0 spiro atoms. The van der Waals surface area contributed by atoms with Crippen LogP contribution in [0.25, 0.3) is 0 Å². The molecule has 1 aromatic rings. The lowest BCUT2D eigenvalue weighted by atomic mass is 10.1. The molecule has 0 aromatic carbocycles. The first-order valence-electron chi connectivity index (χ1n) is 7.06. The first kappa shape index (κ1) is 19.6. The maximum atomic E-state index is 12.2. The molecule has 0 radical (unpaired) electrons. The number of quaternary nitrogens is 1. The molecule has 1 heterocycles. The van der Waals surface area contributed by atoms with E-state index in [9.17, 15) is 14.4 Å². The monoisotopic (exact) mass is 354 g/mol. The third-order valence-corrected chi connectivity index (χ3v) is 4.16. The van der Waals surface area contributed by atoms with Crippen LogP contribution in [0, 0.1) is 19.3 Å². The zero-order chi connectivity index (χ0) is 18.1. The summed E-state index contributed by atoms with van der Waals surface area (Å²) in [6, 6.07) is 0. The van der Waals surface area contributed by atoms with Gasteiger partial charge in [0, 0.05) is 7.11 Å². The number of ether oxygens (including phenoxy) is 2. The van der Waals surface area contributed by atoms with Crippen LogP contribution < -0.4 is 16.4 Å². The van der Waals surface area contributed by atoms with Gasteiger partial charge in [-0.05, 0) is 18.4 Å². The van der Waals surface area contributed by atoms with Gasteiger partial charge in [-0.1, -0.05) is 0 Å². The summed E-state index contributed by atoms with van der Waals surface area (Å²) >= 11 is 0.937. The fourth-order valence-corrected chi connectivity index (χ4v) is 2.90. The predicted octanol–water partition coefficient (Wildman–Crippen LogP) is -0.906. The van der Waals surface area contributed by atoms with Gasteiger partial charge in [0.1, 0.15) is 18.2 Å². The van der Waals surface area contributed by atoms with Crippen LogP contribution in [-0.2, 0) is 14.3 Å². The van der Waals surface area contributed by atoms with Crippen molar-refractivity contribution in [2.75, 3.05) is 38.7 Å². The second-order valence-corrected chi connectivity index (χ2v) is 5.72. The molecule has 24 heavy (non-hydrogen) atoms. The third kappa shape index (κ3) is 5.34. The summed E-state index contributed by atoms with van der Waals surface area (Å²) in [6.07, 6.45) is 5.11. The number of amides is 2. The number of hydrogen-bond donors (Lipinski definition) is 3. The Hall–Kier alpha value is -2.41. The van der Waals surface area contributed by atoms with Crippen LogP contribution in [0.4, 0.5) is 5.00 Å². The van der Waals surface area contributed by atoms with Gasteiger partial charge in [-0.3, -0.25) is 9.59 Å². The minimum atomic E-state index is -0.678. The molecule has 0 bridgehead atoms. The van der Waals surface area contributed by atoms with Crippen molar-refractivity contribution in [1.82, 2.24) is 0 Å². The summed E-state index contributed by atoms with van der Waals surface area (Å²) in [5.41, 5.74) is 5.80. The Balaban J connectivity index is 2.98. The Morgan fingerprint density at radius 1 is 1.38 bits per heavy atom. The van der Waals surface area contributed by atoms with E-state index < -0.39 is 11.9 Å². The highest BCUT2D eigenvalue weighted by molar-refractivity contribution is 7.18. The van der Waals surface area contributed by atoms with E-state index >= 15 is 0 Å².